The van der Waals surface area contributed by atoms with Crippen molar-refractivity contribution in [2.45, 2.75) is 18.9 Å². The Morgan fingerprint density at radius 1 is 1.58 bits per heavy atom. The maximum atomic E-state index is 10.9. The zero-order chi connectivity index (χ0) is 9.56. The van der Waals surface area contributed by atoms with Crippen LogP contribution < -0.4 is 16.6 Å². The molecule has 0 fully saturated rings. The summed E-state index contributed by atoms with van der Waals surface area (Å²) >= 11 is 0. The summed E-state index contributed by atoms with van der Waals surface area (Å²) in [5.41, 5.74) is 10.0. The third-order valence-corrected chi connectivity index (χ3v) is 1.25. The molecule has 1 atom stereocenters. The Balaban J connectivity index is 3.63. The van der Waals surface area contributed by atoms with Gasteiger partial charge in [0.1, 0.15) is 0 Å². The molecule has 70 valence electrons. The largest absolute Gasteiger partial charge is 0.481 e. The van der Waals surface area contributed by atoms with Crippen molar-refractivity contribution in [1.29, 1.82) is 0 Å². The van der Waals surface area contributed by atoms with E-state index in [2.05, 4.69) is 10.9 Å². The van der Waals surface area contributed by atoms with Crippen LogP contribution in [0.1, 0.15) is 12.8 Å². The summed E-state index contributed by atoms with van der Waals surface area (Å²) in [5.74, 6) is -1.36. The summed E-state index contributed by atoms with van der Waals surface area (Å²) in [7, 11) is 1.53. The molecule has 0 saturated heterocycles. The molecular weight excluding hydrogens is 162 g/mol. The molecule has 1 unspecified atom stereocenters. The van der Waals surface area contributed by atoms with Gasteiger partial charge < -0.3 is 10.8 Å². The lowest BCUT2D eigenvalue weighted by Crippen LogP contribution is -2.45. The number of carboxylic acids is 1. The van der Waals surface area contributed by atoms with Gasteiger partial charge in [0.2, 0.25) is 0 Å². The molecule has 0 aliphatic rings. The monoisotopic (exact) mass is 175 g/mol. The van der Waals surface area contributed by atoms with Gasteiger partial charge in [-0.15, -0.1) is 0 Å². The molecule has 0 spiro atoms. The molecule has 0 aliphatic heterocycles. The molecule has 5 N–H and O–H groups in total. The zero-order valence-corrected chi connectivity index (χ0v) is 6.83. The van der Waals surface area contributed by atoms with Crippen LogP contribution in [0, 0.1) is 0 Å². The Hall–Kier alpha value is -1.14. The van der Waals surface area contributed by atoms with E-state index in [1.165, 1.54) is 7.05 Å². The summed E-state index contributed by atoms with van der Waals surface area (Å²) in [6.45, 7) is 0. The average molecular weight is 175 g/mol. The lowest BCUT2D eigenvalue weighted by molar-refractivity contribution is -0.137. The van der Waals surface area contributed by atoms with Gasteiger partial charge in [0.25, 0.3) is 5.91 Å². The summed E-state index contributed by atoms with van der Waals surface area (Å²) < 4.78 is 0. The number of aliphatic carboxylic acids is 1. The van der Waals surface area contributed by atoms with Crippen molar-refractivity contribution >= 4 is 11.9 Å². The Morgan fingerprint density at radius 3 is 2.58 bits per heavy atom. The second-order valence-corrected chi connectivity index (χ2v) is 2.28. The summed E-state index contributed by atoms with van der Waals surface area (Å²) in [4.78, 5) is 20.9. The maximum Gasteiger partial charge on any atom is 0.303 e. The first-order chi connectivity index (χ1) is 5.57. The van der Waals surface area contributed by atoms with Crippen LogP contribution >= 0.6 is 0 Å². The molecule has 0 aromatic carbocycles. The van der Waals surface area contributed by atoms with Gasteiger partial charge in [-0.25, -0.2) is 5.43 Å². The molecule has 0 saturated carbocycles. The molecule has 6 nitrogen and oxygen atoms in total. The fraction of sp³-hybridized carbons (Fsp3) is 0.667. The van der Waals surface area contributed by atoms with Gasteiger partial charge in [0.15, 0.2) is 0 Å². The van der Waals surface area contributed by atoms with E-state index in [0.717, 1.165) is 0 Å². The number of amides is 1. The van der Waals surface area contributed by atoms with Crippen molar-refractivity contribution in [2.24, 2.45) is 5.73 Å². The quantitative estimate of drug-likeness (QED) is 0.378. The topological polar surface area (TPSA) is 104 Å². The second-order valence-electron chi connectivity index (χ2n) is 2.28. The number of carbonyl (C=O) groups is 2. The van der Waals surface area contributed by atoms with Crippen molar-refractivity contribution < 1.29 is 14.7 Å². The van der Waals surface area contributed by atoms with Crippen molar-refractivity contribution in [2.75, 3.05) is 7.05 Å². The smallest absolute Gasteiger partial charge is 0.303 e. The number of nitrogens with two attached hydrogens (primary N) is 1. The SMILES string of the molecule is CNNC(=O)C(N)CCC(=O)O. The van der Waals surface area contributed by atoms with Crippen LogP contribution in [0.5, 0.6) is 0 Å². The van der Waals surface area contributed by atoms with Gasteiger partial charge in [-0.1, -0.05) is 0 Å². The van der Waals surface area contributed by atoms with Gasteiger partial charge in [-0.05, 0) is 6.42 Å². The lowest BCUT2D eigenvalue weighted by Gasteiger charge is -2.09. The number of hydrogen-bond acceptors (Lipinski definition) is 4. The Bertz CT molecular complexity index is 171. The first-order valence-corrected chi connectivity index (χ1v) is 3.52. The number of hydrogen-bond donors (Lipinski definition) is 4. The molecule has 0 aliphatic carbocycles. The van der Waals surface area contributed by atoms with E-state index in [4.69, 9.17) is 10.8 Å². The molecule has 0 heterocycles. The minimum atomic E-state index is -0.956. The molecule has 0 aromatic rings. The van der Waals surface area contributed by atoms with E-state index in [9.17, 15) is 9.59 Å². The predicted molar refractivity (Wildman–Crippen MR) is 42.0 cm³/mol. The van der Waals surface area contributed by atoms with E-state index in [1.807, 2.05) is 0 Å². The number of rotatable bonds is 5. The summed E-state index contributed by atoms with van der Waals surface area (Å²) in [5, 5.41) is 8.27. The van der Waals surface area contributed by atoms with Crippen LogP contribution in [0.4, 0.5) is 0 Å². The van der Waals surface area contributed by atoms with Gasteiger partial charge in [-0.2, -0.15) is 0 Å². The van der Waals surface area contributed by atoms with Gasteiger partial charge in [0.05, 0.1) is 6.04 Å². The first-order valence-electron chi connectivity index (χ1n) is 3.52. The molecule has 1 amide bonds. The van der Waals surface area contributed by atoms with Crippen molar-refractivity contribution in [3.63, 3.8) is 0 Å². The number of nitrogens with one attached hydrogen (secondary N) is 2. The Labute approximate surface area is 70.1 Å². The fourth-order valence-corrected chi connectivity index (χ4v) is 0.626. The number of carboxylic acid groups (broad SMARTS) is 1. The third-order valence-electron chi connectivity index (χ3n) is 1.25. The van der Waals surface area contributed by atoms with Gasteiger partial charge in [0, 0.05) is 13.5 Å². The van der Waals surface area contributed by atoms with Crippen LogP contribution in [0.2, 0.25) is 0 Å². The number of carbonyl (C=O) groups excluding carboxylic acids is 1. The third kappa shape index (κ3) is 4.64. The fourth-order valence-electron chi connectivity index (χ4n) is 0.626. The highest BCUT2D eigenvalue weighted by Crippen LogP contribution is 1.93. The van der Waals surface area contributed by atoms with Crippen LogP contribution in [-0.4, -0.2) is 30.1 Å². The normalized spacial score (nSPS) is 12.2. The highest BCUT2D eigenvalue weighted by molar-refractivity contribution is 5.81. The van der Waals surface area contributed by atoms with Crippen LogP contribution in [0.3, 0.4) is 0 Å². The molecule has 0 aromatic heterocycles. The minimum Gasteiger partial charge on any atom is -0.481 e. The molecule has 12 heavy (non-hydrogen) atoms. The first kappa shape index (κ1) is 10.9. The Morgan fingerprint density at radius 2 is 2.17 bits per heavy atom. The second kappa shape index (κ2) is 5.50. The van der Waals surface area contributed by atoms with Crippen LogP contribution in [-0.2, 0) is 9.59 Å². The van der Waals surface area contributed by atoms with Crippen LogP contribution in [0.25, 0.3) is 0 Å². The minimum absolute atomic E-state index is 0.0989. The highest BCUT2D eigenvalue weighted by atomic mass is 16.4. The molecule has 0 bridgehead atoms. The standard InChI is InChI=1S/C6H13N3O3/c1-8-9-6(12)4(7)2-3-5(10)11/h4,8H,2-3,7H2,1H3,(H,9,12)(H,10,11). The summed E-state index contributed by atoms with van der Waals surface area (Å²) in [6.07, 6.45) is 0.0428. The van der Waals surface area contributed by atoms with Crippen LogP contribution in [0.15, 0.2) is 0 Å². The predicted octanol–water partition coefficient (Wildman–Crippen LogP) is -1.57. The average Bonchev–Trinajstić information content (AvgIpc) is 2.00. The van der Waals surface area contributed by atoms with Crippen molar-refractivity contribution in [3.8, 4) is 0 Å². The molecule has 0 rings (SSSR count). The molecular formula is C6H13N3O3. The van der Waals surface area contributed by atoms with Gasteiger partial charge >= 0.3 is 5.97 Å². The van der Waals surface area contributed by atoms with E-state index in [0.29, 0.717) is 0 Å². The van der Waals surface area contributed by atoms with E-state index < -0.39 is 17.9 Å². The van der Waals surface area contributed by atoms with Crippen molar-refractivity contribution in [1.82, 2.24) is 10.9 Å². The lowest BCUT2D eigenvalue weighted by atomic mass is 10.1. The highest BCUT2D eigenvalue weighted by Gasteiger charge is 2.13. The van der Waals surface area contributed by atoms with Crippen molar-refractivity contribution in [3.05, 3.63) is 0 Å². The summed E-state index contributed by atoms with van der Waals surface area (Å²) in [6, 6.07) is -0.770. The van der Waals surface area contributed by atoms with E-state index >= 15 is 0 Å². The van der Waals surface area contributed by atoms with E-state index in [-0.39, 0.29) is 12.8 Å². The molecule has 6 heteroatoms. The molecule has 0 radical (unpaired) electrons. The van der Waals surface area contributed by atoms with Gasteiger partial charge in [-0.3, -0.25) is 15.0 Å². The maximum absolute atomic E-state index is 10.9. The Kier molecular flexibility index (Phi) is 4.98. The number of hydrazine groups is 1. The van der Waals surface area contributed by atoms with E-state index in [1.54, 1.807) is 0 Å². The zero-order valence-electron chi connectivity index (χ0n) is 6.83.